The summed E-state index contributed by atoms with van der Waals surface area (Å²) in [6.45, 7) is 8.23. The SMILES string of the molecule is Cc1cn2cc(-c3nc(=O)n4cc(C5=CCN(C(=O)OC(C)(C)C)CC5)ccc4n3)cc(F)c2n1. The van der Waals surface area contributed by atoms with Crippen molar-refractivity contribution in [1.82, 2.24) is 28.7 Å². The molecule has 180 valence electrons. The highest BCUT2D eigenvalue weighted by Gasteiger charge is 2.24. The van der Waals surface area contributed by atoms with Gasteiger partial charge >= 0.3 is 11.8 Å². The zero-order valence-corrected chi connectivity index (χ0v) is 19.9. The van der Waals surface area contributed by atoms with E-state index in [2.05, 4.69) is 15.0 Å². The Morgan fingerprint density at radius 2 is 1.89 bits per heavy atom. The molecule has 0 spiro atoms. The highest BCUT2D eigenvalue weighted by molar-refractivity contribution is 5.73. The number of aromatic nitrogens is 5. The summed E-state index contributed by atoms with van der Waals surface area (Å²) in [5, 5.41) is 0. The van der Waals surface area contributed by atoms with Gasteiger partial charge in [-0.25, -0.2) is 23.9 Å². The number of halogens is 1. The number of amides is 1. The van der Waals surface area contributed by atoms with Gasteiger partial charge in [-0.2, -0.15) is 4.98 Å². The molecule has 4 aromatic heterocycles. The van der Waals surface area contributed by atoms with Gasteiger partial charge in [-0.05, 0) is 63.5 Å². The van der Waals surface area contributed by atoms with Gasteiger partial charge < -0.3 is 14.0 Å². The van der Waals surface area contributed by atoms with Gasteiger partial charge in [0.15, 0.2) is 17.3 Å². The second kappa shape index (κ2) is 8.30. The van der Waals surface area contributed by atoms with Crippen LogP contribution >= 0.6 is 0 Å². The standard InChI is InChI=1S/C25H25FN6O3/c1-15-12-31-13-18(11-19(26)22(31)27-15)21-28-20-6-5-17(14-32(20)23(33)29-21)16-7-9-30(10-8-16)24(34)35-25(2,3)4/h5-7,11-14H,8-10H2,1-4H3. The third-order valence-corrected chi connectivity index (χ3v) is 5.67. The third-order valence-electron chi connectivity index (χ3n) is 5.67. The molecule has 0 aliphatic carbocycles. The van der Waals surface area contributed by atoms with Gasteiger partial charge in [-0.1, -0.05) is 6.08 Å². The number of aryl methyl sites for hydroxylation is 1. The molecular formula is C25H25FN6O3. The average molecular weight is 477 g/mol. The van der Waals surface area contributed by atoms with Crippen molar-refractivity contribution in [3.05, 3.63) is 70.4 Å². The second-order valence-electron chi connectivity index (χ2n) is 9.57. The summed E-state index contributed by atoms with van der Waals surface area (Å²) >= 11 is 0. The summed E-state index contributed by atoms with van der Waals surface area (Å²) in [5.41, 5.74) is 2.48. The Hall–Kier alpha value is -4.08. The molecule has 4 aromatic rings. The molecule has 0 fully saturated rings. The van der Waals surface area contributed by atoms with Crippen LogP contribution in [0.5, 0.6) is 0 Å². The van der Waals surface area contributed by atoms with E-state index in [1.807, 2.05) is 32.9 Å². The Balaban J connectivity index is 1.43. The monoisotopic (exact) mass is 476 g/mol. The molecule has 1 aliphatic rings. The summed E-state index contributed by atoms with van der Waals surface area (Å²) < 4.78 is 22.9. The second-order valence-corrected chi connectivity index (χ2v) is 9.57. The molecule has 1 amide bonds. The first-order chi connectivity index (χ1) is 16.6. The van der Waals surface area contributed by atoms with Gasteiger partial charge in [-0.3, -0.25) is 4.40 Å². The van der Waals surface area contributed by atoms with Crippen molar-refractivity contribution >= 4 is 23.0 Å². The van der Waals surface area contributed by atoms with Crippen molar-refractivity contribution in [2.75, 3.05) is 13.1 Å². The third kappa shape index (κ3) is 4.51. The molecular weight excluding hydrogens is 451 g/mol. The predicted octanol–water partition coefficient (Wildman–Crippen LogP) is 3.88. The van der Waals surface area contributed by atoms with Crippen LogP contribution in [-0.4, -0.2) is 53.4 Å². The zero-order chi connectivity index (χ0) is 24.9. The average Bonchev–Trinajstić information content (AvgIpc) is 3.18. The van der Waals surface area contributed by atoms with Gasteiger partial charge in [0.25, 0.3) is 0 Å². The molecule has 0 saturated heterocycles. The minimum Gasteiger partial charge on any atom is -0.444 e. The van der Waals surface area contributed by atoms with Gasteiger partial charge in [0.05, 0.1) is 5.69 Å². The Bertz CT molecular complexity index is 1560. The van der Waals surface area contributed by atoms with Crippen molar-refractivity contribution in [2.45, 2.75) is 39.7 Å². The van der Waals surface area contributed by atoms with Crippen LogP contribution in [0.3, 0.4) is 0 Å². The smallest absolute Gasteiger partial charge is 0.410 e. The number of imidazole rings is 1. The molecule has 0 aromatic carbocycles. The zero-order valence-electron chi connectivity index (χ0n) is 19.9. The molecule has 0 radical (unpaired) electrons. The summed E-state index contributed by atoms with van der Waals surface area (Å²) in [5.74, 6) is -0.376. The van der Waals surface area contributed by atoms with E-state index in [0.717, 1.165) is 11.1 Å². The maximum absolute atomic E-state index is 14.5. The molecule has 9 nitrogen and oxygen atoms in total. The van der Waals surface area contributed by atoms with Crippen molar-refractivity contribution in [1.29, 1.82) is 0 Å². The molecule has 0 N–H and O–H groups in total. The Kier molecular flexibility index (Phi) is 5.38. The lowest BCUT2D eigenvalue weighted by Gasteiger charge is -2.29. The molecule has 0 atom stereocenters. The van der Waals surface area contributed by atoms with Crippen LogP contribution in [0.2, 0.25) is 0 Å². The normalized spacial score (nSPS) is 14.4. The van der Waals surface area contributed by atoms with E-state index in [4.69, 9.17) is 4.74 Å². The largest absolute Gasteiger partial charge is 0.444 e. The van der Waals surface area contributed by atoms with E-state index in [0.29, 0.717) is 36.4 Å². The maximum Gasteiger partial charge on any atom is 0.410 e. The van der Waals surface area contributed by atoms with Crippen molar-refractivity contribution < 1.29 is 13.9 Å². The fraction of sp³-hybridized carbons (Fsp3) is 0.320. The number of hydrogen-bond acceptors (Lipinski definition) is 6. The minimum absolute atomic E-state index is 0.139. The quantitative estimate of drug-likeness (QED) is 0.436. The first-order valence-electron chi connectivity index (χ1n) is 11.3. The fourth-order valence-electron chi connectivity index (χ4n) is 4.06. The number of ether oxygens (including phenoxy) is 1. The first-order valence-corrected chi connectivity index (χ1v) is 11.3. The predicted molar refractivity (Wildman–Crippen MR) is 129 cm³/mol. The number of pyridine rings is 2. The van der Waals surface area contributed by atoms with Crippen LogP contribution in [0.4, 0.5) is 9.18 Å². The number of nitrogens with zero attached hydrogens (tertiary/aromatic N) is 6. The molecule has 0 unspecified atom stereocenters. The summed E-state index contributed by atoms with van der Waals surface area (Å²) in [7, 11) is 0. The summed E-state index contributed by atoms with van der Waals surface area (Å²) in [4.78, 5) is 39.5. The summed E-state index contributed by atoms with van der Waals surface area (Å²) in [6, 6.07) is 4.90. The van der Waals surface area contributed by atoms with Crippen LogP contribution < -0.4 is 5.69 Å². The van der Waals surface area contributed by atoms with Crippen LogP contribution in [0.25, 0.3) is 28.3 Å². The van der Waals surface area contributed by atoms with Gasteiger partial charge in [-0.15, -0.1) is 0 Å². The number of rotatable bonds is 2. The molecule has 1 aliphatic heterocycles. The molecule has 10 heteroatoms. The van der Waals surface area contributed by atoms with Crippen LogP contribution in [0, 0.1) is 12.7 Å². The van der Waals surface area contributed by atoms with Gasteiger partial charge in [0.1, 0.15) is 11.2 Å². The number of carbonyl (C=O) groups excluding carboxylic acids is 1. The van der Waals surface area contributed by atoms with E-state index in [1.54, 1.807) is 40.9 Å². The summed E-state index contributed by atoms with van der Waals surface area (Å²) in [6.07, 6.45) is 7.29. The highest BCUT2D eigenvalue weighted by Crippen LogP contribution is 2.24. The number of hydrogen-bond donors (Lipinski definition) is 0. The lowest BCUT2D eigenvalue weighted by Crippen LogP contribution is -2.39. The molecule has 35 heavy (non-hydrogen) atoms. The van der Waals surface area contributed by atoms with E-state index in [-0.39, 0.29) is 17.6 Å². The van der Waals surface area contributed by atoms with Crippen LogP contribution in [0.1, 0.15) is 38.4 Å². The number of fused-ring (bicyclic) bond motifs is 2. The highest BCUT2D eigenvalue weighted by atomic mass is 19.1. The van der Waals surface area contributed by atoms with Crippen molar-refractivity contribution in [3.8, 4) is 11.4 Å². The molecule has 5 rings (SSSR count). The Morgan fingerprint density at radius 3 is 2.60 bits per heavy atom. The van der Waals surface area contributed by atoms with E-state index in [9.17, 15) is 14.0 Å². The first kappa shape index (κ1) is 22.7. The fourth-order valence-corrected chi connectivity index (χ4v) is 4.06. The molecule has 5 heterocycles. The van der Waals surface area contributed by atoms with E-state index < -0.39 is 17.1 Å². The minimum atomic E-state index is -0.547. The van der Waals surface area contributed by atoms with Crippen molar-refractivity contribution in [2.24, 2.45) is 0 Å². The van der Waals surface area contributed by atoms with E-state index >= 15 is 0 Å². The Labute approximate surface area is 200 Å². The van der Waals surface area contributed by atoms with Crippen LogP contribution in [0.15, 0.2) is 47.7 Å². The Morgan fingerprint density at radius 1 is 1.09 bits per heavy atom. The van der Waals surface area contributed by atoms with Gasteiger partial charge in [0.2, 0.25) is 0 Å². The number of carbonyl (C=O) groups is 1. The topological polar surface area (TPSA) is 94.1 Å². The maximum atomic E-state index is 14.5. The lowest BCUT2D eigenvalue weighted by molar-refractivity contribution is 0.0270. The molecule has 0 saturated carbocycles. The van der Waals surface area contributed by atoms with Crippen LogP contribution in [-0.2, 0) is 4.74 Å². The van der Waals surface area contributed by atoms with Gasteiger partial charge in [0, 0.05) is 37.2 Å². The van der Waals surface area contributed by atoms with E-state index in [1.165, 1.54) is 10.5 Å². The molecule has 0 bridgehead atoms. The van der Waals surface area contributed by atoms with Crippen molar-refractivity contribution in [3.63, 3.8) is 0 Å². The lowest BCUT2D eigenvalue weighted by atomic mass is 10.0.